The van der Waals surface area contributed by atoms with Gasteiger partial charge in [-0.1, -0.05) is 35.9 Å². The summed E-state index contributed by atoms with van der Waals surface area (Å²) in [5.74, 6) is -1.22. The van der Waals surface area contributed by atoms with Gasteiger partial charge in [-0.15, -0.1) is 0 Å². The van der Waals surface area contributed by atoms with Gasteiger partial charge in [-0.3, -0.25) is 9.59 Å². The summed E-state index contributed by atoms with van der Waals surface area (Å²) < 4.78 is 36.7. The number of para-hydroxylation sites is 1. The van der Waals surface area contributed by atoms with Crippen LogP contribution >= 0.6 is 11.6 Å². The molecule has 0 unspecified atom stereocenters. The second-order valence-corrected chi connectivity index (χ2v) is 6.04. The van der Waals surface area contributed by atoms with Gasteiger partial charge < -0.3 is 16.0 Å². The maximum Gasteiger partial charge on any atom is 0.405 e. The van der Waals surface area contributed by atoms with Crippen molar-refractivity contribution in [2.24, 2.45) is 0 Å². The van der Waals surface area contributed by atoms with E-state index in [0.717, 1.165) is 5.56 Å². The summed E-state index contributed by atoms with van der Waals surface area (Å²) in [6.45, 7) is -1.27. The molecule has 2 aromatic carbocycles. The van der Waals surface area contributed by atoms with E-state index in [-0.39, 0.29) is 23.7 Å². The number of hydrogen-bond acceptors (Lipinski definition) is 3. The van der Waals surface area contributed by atoms with Crippen LogP contribution in [0.3, 0.4) is 0 Å². The van der Waals surface area contributed by atoms with Gasteiger partial charge in [0.05, 0.1) is 12.1 Å². The first-order chi connectivity index (χ1) is 12.7. The Bertz CT molecular complexity index is 795. The van der Waals surface area contributed by atoms with Gasteiger partial charge in [0.1, 0.15) is 6.54 Å². The Labute approximate surface area is 158 Å². The zero-order valence-corrected chi connectivity index (χ0v) is 14.8. The molecule has 27 heavy (non-hydrogen) atoms. The maximum absolute atomic E-state index is 12.2. The summed E-state index contributed by atoms with van der Waals surface area (Å²) >= 11 is 5.79. The van der Waals surface area contributed by atoms with Crippen molar-refractivity contribution in [1.29, 1.82) is 0 Å². The first-order valence-corrected chi connectivity index (χ1v) is 8.31. The van der Waals surface area contributed by atoms with E-state index in [1.807, 2.05) is 0 Å². The van der Waals surface area contributed by atoms with Gasteiger partial charge in [0.15, 0.2) is 0 Å². The van der Waals surface area contributed by atoms with Crippen LogP contribution in [0.4, 0.5) is 18.9 Å². The summed E-state index contributed by atoms with van der Waals surface area (Å²) in [7, 11) is 0. The first kappa shape index (κ1) is 20.6. The second kappa shape index (κ2) is 9.27. The molecular weight excluding hydrogens is 383 g/mol. The number of amides is 2. The quantitative estimate of drug-likeness (QED) is 0.668. The minimum absolute atomic E-state index is 0.0206. The highest BCUT2D eigenvalue weighted by Crippen LogP contribution is 2.17. The van der Waals surface area contributed by atoms with Crippen molar-refractivity contribution in [2.45, 2.75) is 12.7 Å². The lowest BCUT2D eigenvalue weighted by Gasteiger charge is -2.13. The number of hydrogen-bond donors (Lipinski definition) is 3. The Balaban J connectivity index is 1.88. The fourth-order valence-electron chi connectivity index (χ4n) is 2.15. The molecule has 0 aliphatic carbocycles. The smallest absolute Gasteiger partial charge is 0.376 e. The number of anilines is 1. The van der Waals surface area contributed by atoms with Crippen LogP contribution in [0, 0.1) is 0 Å². The normalized spacial score (nSPS) is 11.0. The highest BCUT2D eigenvalue weighted by Gasteiger charge is 2.28. The van der Waals surface area contributed by atoms with Crippen molar-refractivity contribution in [3.05, 3.63) is 64.7 Å². The monoisotopic (exact) mass is 399 g/mol. The van der Waals surface area contributed by atoms with Gasteiger partial charge in [-0.2, -0.15) is 13.2 Å². The standard InChI is InChI=1S/C18H17ClF3N3O2/c19-13-7-5-12(6-8-13)9-24-16(26)10-23-15-4-2-1-3-14(15)17(27)25-11-18(20,21)22/h1-8,23H,9-11H2,(H,24,26)(H,25,27). The molecule has 2 amide bonds. The number of rotatable bonds is 7. The minimum atomic E-state index is -4.50. The number of benzene rings is 2. The third kappa shape index (κ3) is 7.18. The van der Waals surface area contributed by atoms with Gasteiger partial charge >= 0.3 is 6.18 Å². The van der Waals surface area contributed by atoms with Gasteiger partial charge in [0.2, 0.25) is 5.91 Å². The molecule has 0 bridgehead atoms. The second-order valence-electron chi connectivity index (χ2n) is 5.60. The Morgan fingerprint density at radius 1 is 0.963 bits per heavy atom. The molecule has 0 heterocycles. The average molecular weight is 400 g/mol. The van der Waals surface area contributed by atoms with Crippen LogP contribution in [0.5, 0.6) is 0 Å². The van der Waals surface area contributed by atoms with Crippen LogP contribution in [0.15, 0.2) is 48.5 Å². The molecule has 0 aromatic heterocycles. The minimum Gasteiger partial charge on any atom is -0.376 e. The molecule has 0 aliphatic heterocycles. The Kier molecular flexibility index (Phi) is 7.06. The highest BCUT2D eigenvalue weighted by molar-refractivity contribution is 6.30. The molecule has 0 saturated heterocycles. The third-order valence-electron chi connectivity index (χ3n) is 3.46. The van der Waals surface area contributed by atoms with E-state index in [1.165, 1.54) is 18.2 Å². The molecule has 0 fully saturated rings. The predicted molar refractivity (Wildman–Crippen MR) is 96.6 cm³/mol. The van der Waals surface area contributed by atoms with E-state index in [1.54, 1.807) is 35.6 Å². The fourth-order valence-corrected chi connectivity index (χ4v) is 2.28. The first-order valence-electron chi connectivity index (χ1n) is 7.93. The molecule has 2 aromatic rings. The van der Waals surface area contributed by atoms with Gasteiger partial charge in [-0.05, 0) is 29.8 Å². The van der Waals surface area contributed by atoms with E-state index >= 15 is 0 Å². The average Bonchev–Trinajstić information content (AvgIpc) is 2.63. The van der Waals surface area contributed by atoms with Crippen LogP contribution in [-0.4, -0.2) is 31.1 Å². The lowest BCUT2D eigenvalue weighted by Crippen LogP contribution is -2.34. The maximum atomic E-state index is 12.2. The van der Waals surface area contributed by atoms with Crippen molar-refractivity contribution < 1.29 is 22.8 Å². The van der Waals surface area contributed by atoms with Gasteiger partial charge in [-0.25, -0.2) is 0 Å². The van der Waals surface area contributed by atoms with Gasteiger partial charge in [0, 0.05) is 17.3 Å². The molecule has 0 spiro atoms. The number of carbonyl (C=O) groups is 2. The topological polar surface area (TPSA) is 70.2 Å². The predicted octanol–water partition coefficient (Wildman–Crippen LogP) is 3.36. The largest absolute Gasteiger partial charge is 0.405 e. The number of halogens is 4. The Morgan fingerprint density at radius 2 is 1.63 bits per heavy atom. The number of carbonyl (C=O) groups excluding carboxylic acids is 2. The van der Waals surface area contributed by atoms with Crippen LogP contribution in [-0.2, 0) is 11.3 Å². The molecular formula is C18H17ClF3N3O2. The SMILES string of the molecule is O=C(CNc1ccccc1C(=O)NCC(F)(F)F)NCc1ccc(Cl)cc1. The van der Waals surface area contributed by atoms with E-state index in [0.29, 0.717) is 11.6 Å². The number of nitrogens with one attached hydrogen (secondary N) is 3. The fraction of sp³-hybridized carbons (Fsp3) is 0.222. The molecule has 5 nitrogen and oxygen atoms in total. The van der Waals surface area contributed by atoms with Crippen molar-refractivity contribution in [1.82, 2.24) is 10.6 Å². The molecule has 0 saturated carbocycles. The zero-order chi connectivity index (χ0) is 19.9. The molecule has 0 aliphatic rings. The lowest BCUT2D eigenvalue weighted by molar-refractivity contribution is -0.123. The van der Waals surface area contributed by atoms with Crippen molar-refractivity contribution in [3.8, 4) is 0 Å². The molecule has 9 heteroatoms. The van der Waals surface area contributed by atoms with E-state index in [4.69, 9.17) is 11.6 Å². The van der Waals surface area contributed by atoms with Crippen molar-refractivity contribution >= 4 is 29.1 Å². The van der Waals surface area contributed by atoms with E-state index in [9.17, 15) is 22.8 Å². The van der Waals surface area contributed by atoms with Crippen molar-refractivity contribution in [3.63, 3.8) is 0 Å². The molecule has 0 radical (unpaired) electrons. The van der Waals surface area contributed by atoms with Crippen LogP contribution < -0.4 is 16.0 Å². The molecule has 144 valence electrons. The zero-order valence-electron chi connectivity index (χ0n) is 14.1. The van der Waals surface area contributed by atoms with Crippen LogP contribution in [0.2, 0.25) is 5.02 Å². The van der Waals surface area contributed by atoms with Gasteiger partial charge in [0.25, 0.3) is 5.91 Å². The summed E-state index contributed by atoms with van der Waals surface area (Å²) in [5.41, 5.74) is 1.14. The lowest BCUT2D eigenvalue weighted by atomic mass is 10.1. The summed E-state index contributed by atoms with van der Waals surface area (Å²) in [6.07, 6.45) is -4.50. The van der Waals surface area contributed by atoms with E-state index in [2.05, 4.69) is 10.6 Å². The van der Waals surface area contributed by atoms with Crippen LogP contribution in [0.25, 0.3) is 0 Å². The summed E-state index contributed by atoms with van der Waals surface area (Å²) in [6, 6.07) is 13.0. The van der Waals surface area contributed by atoms with Crippen molar-refractivity contribution in [2.75, 3.05) is 18.4 Å². The third-order valence-corrected chi connectivity index (χ3v) is 3.72. The van der Waals surface area contributed by atoms with E-state index < -0.39 is 18.6 Å². The Hall–Kier alpha value is -2.74. The summed E-state index contributed by atoms with van der Waals surface area (Å²) in [4.78, 5) is 23.9. The molecule has 3 N–H and O–H groups in total. The van der Waals surface area contributed by atoms with Crippen LogP contribution in [0.1, 0.15) is 15.9 Å². The molecule has 0 atom stereocenters. The Morgan fingerprint density at radius 3 is 2.30 bits per heavy atom. The highest BCUT2D eigenvalue weighted by atomic mass is 35.5. The number of alkyl halides is 3. The molecule has 2 rings (SSSR count). The summed E-state index contributed by atoms with van der Waals surface area (Å²) in [5, 5.41) is 7.84.